The number of likely N-dealkylation sites (tertiary alicyclic amines) is 1. The highest BCUT2D eigenvalue weighted by molar-refractivity contribution is 5.20. The number of hydrogen-bond donors (Lipinski definition) is 0. The van der Waals surface area contributed by atoms with E-state index in [0.29, 0.717) is 0 Å². The summed E-state index contributed by atoms with van der Waals surface area (Å²) in [5.74, 6) is 0.781. The van der Waals surface area contributed by atoms with Gasteiger partial charge in [0.15, 0.2) is 0 Å². The van der Waals surface area contributed by atoms with Gasteiger partial charge in [-0.05, 0) is 44.3 Å². The lowest BCUT2D eigenvalue weighted by Crippen LogP contribution is -2.32. The van der Waals surface area contributed by atoms with E-state index in [2.05, 4.69) is 54.3 Å². The molecule has 1 nitrogen and oxygen atoms in total. The summed E-state index contributed by atoms with van der Waals surface area (Å²) < 4.78 is 0. The predicted molar refractivity (Wildman–Crippen MR) is 69.7 cm³/mol. The number of piperidine rings is 1. The quantitative estimate of drug-likeness (QED) is 0.698. The minimum atomic E-state index is 0.781. The normalized spacial score (nSPS) is 19.3. The van der Waals surface area contributed by atoms with Crippen molar-refractivity contribution in [3.63, 3.8) is 0 Å². The van der Waals surface area contributed by atoms with Crippen LogP contribution in [0.1, 0.15) is 31.2 Å². The van der Waals surface area contributed by atoms with E-state index in [1.807, 2.05) is 0 Å². The van der Waals surface area contributed by atoms with E-state index in [1.54, 1.807) is 0 Å². The maximum absolute atomic E-state index is 2.54. The van der Waals surface area contributed by atoms with Gasteiger partial charge in [-0.2, -0.15) is 0 Å². The van der Waals surface area contributed by atoms with Gasteiger partial charge in [0.25, 0.3) is 0 Å². The summed E-state index contributed by atoms with van der Waals surface area (Å²) >= 11 is 0. The second-order valence-electron chi connectivity index (χ2n) is 4.55. The number of nitrogens with zero attached hydrogens (tertiary/aromatic N) is 1. The summed E-state index contributed by atoms with van der Waals surface area (Å²) in [6.07, 6.45) is 7.01. The fourth-order valence-electron chi connectivity index (χ4n) is 2.43. The second kappa shape index (κ2) is 5.86. The van der Waals surface area contributed by atoms with E-state index in [-0.39, 0.29) is 0 Å². The molecule has 0 amide bonds. The zero-order valence-corrected chi connectivity index (χ0v) is 10.1. The predicted octanol–water partition coefficient (Wildman–Crippen LogP) is 3.44. The summed E-state index contributed by atoms with van der Waals surface area (Å²) in [5, 5.41) is 0. The standard InChI is InChI=1S/C15H21N/c1-2-3-11-16-12-9-15(10-13-16)14-7-5-4-6-8-14/h2-8,15H,9-13H2,1H3. The van der Waals surface area contributed by atoms with Gasteiger partial charge in [-0.25, -0.2) is 0 Å². The molecule has 1 aliphatic heterocycles. The third-order valence-electron chi connectivity index (χ3n) is 3.46. The zero-order valence-electron chi connectivity index (χ0n) is 10.1. The molecule has 0 unspecified atom stereocenters. The lowest BCUT2D eigenvalue weighted by atomic mass is 9.89. The smallest absolute Gasteiger partial charge is 0.0163 e. The molecule has 0 aliphatic carbocycles. The molecule has 1 saturated heterocycles. The lowest BCUT2D eigenvalue weighted by molar-refractivity contribution is 0.232. The molecule has 0 saturated carbocycles. The monoisotopic (exact) mass is 215 g/mol. The fourth-order valence-corrected chi connectivity index (χ4v) is 2.43. The van der Waals surface area contributed by atoms with Gasteiger partial charge in [0, 0.05) is 6.54 Å². The molecule has 2 rings (SSSR count). The van der Waals surface area contributed by atoms with Crippen molar-refractivity contribution in [2.45, 2.75) is 25.7 Å². The Labute approximate surface area is 98.8 Å². The Bertz CT molecular complexity index is 321. The molecule has 1 heteroatoms. The minimum absolute atomic E-state index is 0.781. The van der Waals surface area contributed by atoms with Crippen LogP contribution in [0.15, 0.2) is 42.5 Å². The maximum Gasteiger partial charge on any atom is 0.0163 e. The van der Waals surface area contributed by atoms with Crippen molar-refractivity contribution in [2.75, 3.05) is 19.6 Å². The molecule has 0 atom stereocenters. The van der Waals surface area contributed by atoms with Crippen molar-refractivity contribution in [1.82, 2.24) is 4.90 Å². The number of benzene rings is 1. The van der Waals surface area contributed by atoms with E-state index in [4.69, 9.17) is 0 Å². The highest BCUT2D eigenvalue weighted by Gasteiger charge is 2.19. The Morgan fingerprint density at radius 1 is 1.19 bits per heavy atom. The number of rotatable bonds is 3. The third kappa shape index (κ3) is 2.96. The van der Waals surface area contributed by atoms with Crippen LogP contribution in [0.25, 0.3) is 0 Å². The van der Waals surface area contributed by atoms with Crippen LogP contribution in [0, 0.1) is 0 Å². The average molecular weight is 215 g/mol. The third-order valence-corrected chi connectivity index (χ3v) is 3.46. The van der Waals surface area contributed by atoms with Gasteiger partial charge >= 0.3 is 0 Å². The van der Waals surface area contributed by atoms with Crippen LogP contribution in [0.3, 0.4) is 0 Å². The van der Waals surface area contributed by atoms with Crippen LogP contribution < -0.4 is 0 Å². The van der Waals surface area contributed by atoms with E-state index >= 15 is 0 Å². The first-order valence-electron chi connectivity index (χ1n) is 6.28. The molecule has 0 bridgehead atoms. The molecule has 1 fully saturated rings. The Hall–Kier alpha value is -1.08. The van der Waals surface area contributed by atoms with E-state index in [0.717, 1.165) is 12.5 Å². The van der Waals surface area contributed by atoms with Crippen molar-refractivity contribution >= 4 is 0 Å². The number of allylic oxidation sites excluding steroid dienone is 1. The highest BCUT2D eigenvalue weighted by atomic mass is 15.1. The highest BCUT2D eigenvalue weighted by Crippen LogP contribution is 2.27. The van der Waals surface area contributed by atoms with Gasteiger partial charge in [0.1, 0.15) is 0 Å². The maximum atomic E-state index is 2.54. The van der Waals surface area contributed by atoms with E-state index < -0.39 is 0 Å². The Morgan fingerprint density at radius 2 is 1.88 bits per heavy atom. The van der Waals surface area contributed by atoms with Gasteiger partial charge in [-0.15, -0.1) is 0 Å². The van der Waals surface area contributed by atoms with Gasteiger partial charge < -0.3 is 0 Å². The molecule has 1 aromatic rings. The Balaban J connectivity index is 1.86. The molecule has 0 N–H and O–H groups in total. The van der Waals surface area contributed by atoms with Crippen molar-refractivity contribution in [3.05, 3.63) is 48.0 Å². The molecule has 16 heavy (non-hydrogen) atoms. The molecular weight excluding hydrogens is 194 g/mol. The first-order valence-corrected chi connectivity index (χ1v) is 6.28. The van der Waals surface area contributed by atoms with Crippen molar-refractivity contribution in [1.29, 1.82) is 0 Å². The summed E-state index contributed by atoms with van der Waals surface area (Å²) in [6, 6.07) is 11.0. The molecule has 0 aromatic heterocycles. The first-order chi connectivity index (χ1) is 7.90. The van der Waals surface area contributed by atoms with E-state index in [1.165, 1.54) is 31.5 Å². The fraction of sp³-hybridized carbons (Fsp3) is 0.467. The topological polar surface area (TPSA) is 3.24 Å². The van der Waals surface area contributed by atoms with Crippen LogP contribution in [-0.4, -0.2) is 24.5 Å². The minimum Gasteiger partial charge on any atom is -0.300 e. The first kappa shape index (κ1) is 11.4. The summed E-state index contributed by atoms with van der Waals surface area (Å²) in [5.41, 5.74) is 1.52. The average Bonchev–Trinajstić information content (AvgIpc) is 2.38. The van der Waals surface area contributed by atoms with Gasteiger partial charge in [0.05, 0.1) is 0 Å². The van der Waals surface area contributed by atoms with Gasteiger partial charge in [0.2, 0.25) is 0 Å². The molecule has 0 radical (unpaired) electrons. The summed E-state index contributed by atoms with van der Waals surface area (Å²) in [6.45, 7) is 5.70. The molecule has 1 aromatic carbocycles. The van der Waals surface area contributed by atoms with Crippen molar-refractivity contribution < 1.29 is 0 Å². The molecule has 0 spiro atoms. The molecule has 1 heterocycles. The van der Waals surface area contributed by atoms with Gasteiger partial charge in [-0.3, -0.25) is 4.90 Å². The SMILES string of the molecule is CC=CCN1CCC(c2ccccc2)CC1. The largest absolute Gasteiger partial charge is 0.300 e. The van der Waals surface area contributed by atoms with Gasteiger partial charge in [-0.1, -0.05) is 42.5 Å². The van der Waals surface area contributed by atoms with E-state index in [9.17, 15) is 0 Å². The number of hydrogen-bond acceptors (Lipinski definition) is 1. The van der Waals surface area contributed by atoms with Crippen LogP contribution in [0.5, 0.6) is 0 Å². The zero-order chi connectivity index (χ0) is 11.2. The molecule has 1 aliphatic rings. The van der Waals surface area contributed by atoms with Crippen LogP contribution in [0.4, 0.5) is 0 Å². The van der Waals surface area contributed by atoms with Crippen LogP contribution >= 0.6 is 0 Å². The molecular formula is C15H21N. The van der Waals surface area contributed by atoms with Crippen molar-refractivity contribution in [2.24, 2.45) is 0 Å². The van der Waals surface area contributed by atoms with Crippen molar-refractivity contribution in [3.8, 4) is 0 Å². The Kier molecular flexibility index (Phi) is 4.17. The van der Waals surface area contributed by atoms with Crippen LogP contribution in [0.2, 0.25) is 0 Å². The molecule has 86 valence electrons. The Morgan fingerprint density at radius 3 is 2.50 bits per heavy atom. The second-order valence-corrected chi connectivity index (χ2v) is 4.55. The summed E-state index contributed by atoms with van der Waals surface area (Å²) in [4.78, 5) is 2.54. The lowest BCUT2D eigenvalue weighted by Gasteiger charge is -2.31. The summed E-state index contributed by atoms with van der Waals surface area (Å²) in [7, 11) is 0. The van der Waals surface area contributed by atoms with Crippen LogP contribution in [-0.2, 0) is 0 Å².